The summed E-state index contributed by atoms with van der Waals surface area (Å²) in [5.41, 5.74) is 4.49. The van der Waals surface area contributed by atoms with Crippen LogP contribution in [-0.2, 0) is 9.84 Å². The Morgan fingerprint density at radius 3 is 2.67 bits per heavy atom. The smallest absolute Gasteiger partial charge is 0.181 e. The van der Waals surface area contributed by atoms with Crippen LogP contribution in [0.3, 0.4) is 0 Å². The van der Waals surface area contributed by atoms with Crippen molar-refractivity contribution in [2.24, 2.45) is 0 Å². The largest absolute Gasteiger partial charge is 0.473 e. The van der Waals surface area contributed by atoms with Crippen LogP contribution in [-0.4, -0.2) is 48.9 Å². The number of fused-ring (bicyclic) bond motifs is 3. The first-order valence-electron chi connectivity index (χ1n) is 11.2. The molecule has 1 aliphatic rings. The van der Waals surface area contributed by atoms with Crippen LogP contribution in [0.4, 0.5) is 0 Å². The molecule has 0 amide bonds. The minimum Gasteiger partial charge on any atom is -0.473 e. The van der Waals surface area contributed by atoms with Crippen molar-refractivity contribution < 1.29 is 13.2 Å². The number of aromatic nitrogens is 2. The van der Waals surface area contributed by atoms with Crippen molar-refractivity contribution in [2.45, 2.75) is 43.1 Å². The Labute approximate surface area is 194 Å². The van der Waals surface area contributed by atoms with E-state index in [0.717, 1.165) is 57.2 Å². The summed E-state index contributed by atoms with van der Waals surface area (Å²) in [6, 6.07) is 13.4. The molecule has 7 heteroatoms. The summed E-state index contributed by atoms with van der Waals surface area (Å²) in [4.78, 5) is 10.4. The van der Waals surface area contributed by atoms with Gasteiger partial charge in [-0.3, -0.25) is 4.90 Å². The maximum Gasteiger partial charge on any atom is 0.181 e. The van der Waals surface area contributed by atoms with Crippen molar-refractivity contribution >= 4 is 31.8 Å². The predicted molar refractivity (Wildman–Crippen MR) is 132 cm³/mol. The fourth-order valence-corrected chi connectivity index (χ4v) is 6.02. The van der Waals surface area contributed by atoms with Crippen LogP contribution in [0.5, 0.6) is 5.75 Å². The van der Waals surface area contributed by atoms with Crippen LogP contribution >= 0.6 is 0 Å². The number of H-pyrrole nitrogens is 1. The topological polar surface area (TPSA) is 75.3 Å². The molecule has 4 aromatic rings. The Kier molecular flexibility index (Phi) is 5.41. The van der Waals surface area contributed by atoms with Gasteiger partial charge in [-0.05, 0) is 80.9 Å². The quantitative estimate of drug-likeness (QED) is 0.386. The van der Waals surface area contributed by atoms with Gasteiger partial charge in [-0.2, -0.15) is 0 Å². The fraction of sp³-hybridized carbons (Fsp3) is 0.308. The molecule has 1 N–H and O–H groups in total. The Hall–Kier alpha value is -2.90. The third-order valence-corrected chi connectivity index (χ3v) is 8.44. The number of nitrogens with one attached hydrogen (secondary N) is 1. The van der Waals surface area contributed by atoms with Crippen molar-refractivity contribution in [3.8, 4) is 16.9 Å². The second kappa shape index (κ2) is 8.15. The molecule has 0 spiro atoms. The summed E-state index contributed by atoms with van der Waals surface area (Å²) in [6.07, 6.45) is 5.14. The highest BCUT2D eigenvalue weighted by Crippen LogP contribution is 2.41. The zero-order chi connectivity index (χ0) is 23.3. The highest BCUT2D eigenvalue weighted by molar-refractivity contribution is 7.92. The van der Waals surface area contributed by atoms with Gasteiger partial charge in [0.2, 0.25) is 0 Å². The summed E-state index contributed by atoms with van der Waals surface area (Å²) < 4.78 is 32.1. The molecule has 1 saturated carbocycles. The normalized spacial score (nSPS) is 15.4. The molecule has 1 unspecified atom stereocenters. The third kappa shape index (κ3) is 3.89. The molecule has 1 fully saturated rings. The molecule has 1 radical (unpaired) electrons. The van der Waals surface area contributed by atoms with E-state index in [0.29, 0.717) is 4.90 Å². The van der Waals surface area contributed by atoms with Crippen LogP contribution in [0.25, 0.3) is 33.1 Å². The van der Waals surface area contributed by atoms with Crippen molar-refractivity contribution in [1.82, 2.24) is 14.9 Å². The number of aryl methyl sites for hydroxylation is 1. The molecule has 171 valence electrons. The molecule has 0 bridgehead atoms. The lowest BCUT2D eigenvalue weighted by atomic mass is 9.99. The van der Waals surface area contributed by atoms with Gasteiger partial charge in [-0.15, -0.1) is 0 Å². The molecule has 33 heavy (non-hydrogen) atoms. The van der Waals surface area contributed by atoms with Crippen molar-refractivity contribution in [3.05, 3.63) is 60.6 Å². The van der Waals surface area contributed by atoms with Gasteiger partial charge in [0, 0.05) is 23.4 Å². The lowest BCUT2D eigenvalue weighted by Crippen LogP contribution is -2.33. The Balaban J connectivity index is 1.73. The van der Waals surface area contributed by atoms with Crippen molar-refractivity contribution in [3.63, 3.8) is 0 Å². The number of pyridine rings is 1. The SMILES string of the molecule is C[CH]C(Oc1ccc(-c2cccc(S(=O)(=O)C3CC3)c2)c2c1[nH]c1ncc(C)cc12)N(C)C. The molecule has 2 heterocycles. The summed E-state index contributed by atoms with van der Waals surface area (Å²) >= 11 is 0. The minimum absolute atomic E-state index is 0.188. The molecule has 6 nitrogen and oxygen atoms in total. The van der Waals surface area contributed by atoms with Crippen molar-refractivity contribution in [2.75, 3.05) is 14.1 Å². The number of sulfone groups is 1. The van der Waals surface area contributed by atoms with Gasteiger partial charge in [0.05, 0.1) is 15.7 Å². The van der Waals surface area contributed by atoms with E-state index in [4.69, 9.17) is 4.74 Å². The molecule has 0 aliphatic heterocycles. The molecular weight excluding hydrogens is 434 g/mol. The molecule has 2 aromatic heterocycles. The average molecular weight is 463 g/mol. The summed E-state index contributed by atoms with van der Waals surface area (Å²) in [5, 5.41) is 1.73. The van der Waals surface area contributed by atoms with Crippen LogP contribution < -0.4 is 4.74 Å². The fourth-order valence-electron chi connectivity index (χ4n) is 4.32. The number of rotatable bonds is 7. The average Bonchev–Trinajstić information content (AvgIpc) is 3.59. The lowest BCUT2D eigenvalue weighted by molar-refractivity contribution is 0.0947. The molecule has 5 rings (SSSR count). The first kappa shape index (κ1) is 21.9. The van der Waals surface area contributed by atoms with E-state index < -0.39 is 9.84 Å². The van der Waals surface area contributed by atoms with Gasteiger partial charge in [0.25, 0.3) is 0 Å². The van der Waals surface area contributed by atoms with Gasteiger partial charge in [0.15, 0.2) is 16.1 Å². The number of ether oxygens (including phenoxy) is 1. The lowest BCUT2D eigenvalue weighted by Gasteiger charge is -2.24. The summed E-state index contributed by atoms with van der Waals surface area (Å²) in [5.74, 6) is 0.725. The number of hydrogen-bond donors (Lipinski definition) is 1. The predicted octanol–water partition coefficient (Wildman–Crippen LogP) is 5.12. The van der Waals surface area contributed by atoms with E-state index in [1.807, 2.05) is 69.7 Å². The Morgan fingerprint density at radius 1 is 1.18 bits per heavy atom. The zero-order valence-corrected chi connectivity index (χ0v) is 20.1. The number of benzene rings is 2. The van der Waals surface area contributed by atoms with Crippen molar-refractivity contribution in [1.29, 1.82) is 0 Å². The van der Waals surface area contributed by atoms with Gasteiger partial charge < -0.3 is 9.72 Å². The van der Waals surface area contributed by atoms with Gasteiger partial charge in [-0.1, -0.05) is 19.1 Å². The highest BCUT2D eigenvalue weighted by Gasteiger charge is 2.37. The minimum atomic E-state index is -3.28. The Morgan fingerprint density at radius 2 is 1.97 bits per heavy atom. The highest BCUT2D eigenvalue weighted by atomic mass is 32.2. The molecular formula is C26H28N3O3S. The van der Waals surface area contributed by atoms with Crippen LogP contribution in [0, 0.1) is 13.3 Å². The Bertz CT molecular complexity index is 1450. The standard InChI is InChI=1S/C26H28N3O3S/c1-5-23(29(3)4)32-22-12-11-20(24-21-13-16(2)15-27-26(21)28-25(22)24)17-7-6-8-19(14-17)33(30,31)18-9-10-18/h5-8,11-15,18,23H,9-10H2,1-4H3,(H,27,28). The van der Waals surface area contributed by atoms with Crippen LogP contribution in [0.2, 0.25) is 0 Å². The maximum atomic E-state index is 12.9. The first-order valence-corrected chi connectivity index (χ1v) is 12.7. The second-order valence-corrected chi connectivity index (χ2v) is 11.2. The molecule has 1 atom stereocenters. The van der Waals surface area contributed by atoms with Crippen LogP contribution in [0.15, 0.2) is 53.6 Å². The van der Waals surface area contributed by atoms with E-state index in [-0.39, 0.29) is 11.5 Å². The summed E-state index contributed by atoms with van der Waals surface area (Å²) in [6.45, 7) is 3.99. The van der Waals surface area contributed by atoms with Gasteiger partial charge >= 0.3 is 0 Å². The molecule has 1 aliphatic carbocycles. The van der Waals surface area contributed by atoms with Gasteiger partial charge in [0.1, 0.15) is 11.4 Å². The number of hydrogen-bond acceptors (Lipinski definition) is 5. The van der Waals surface area contributed by atoms with Gasteiger partial charge in [-0.25, -0.2) is 13.4 Å². The van der Waals surface area contributed by atoms with E-state index in [1.165, 1.54) is 0 Å². The zero-order valence-electron chi connectivity index (χ0n) is 19.3. The second-order valence-electron chi connectivity index (χ2n) is 8.97. The monoisotopic (exact) mass is 462 g/mol. The van der Waals surface area contributed by atoms with E-state index in [9.17, 15) is 8.42 Å². The number of nitrogens with zero attached hydrogens (tertiary/aromatic N) is 2. The van der Waals surface area contributed by atoms with Crippen LogP contribution in [0.1, 0.15) is 25.3 Å². The molecule has 2 aromatic carbocycles. The van der Waals surface area contributed by atoms with E-state index in [1.54, 1.807) is 12.1 Å². The summed E-state index contributed by atoms with van der Waals surface area (Å²) in [7, 11) is 0.664. The van der Waals surface area contributed by atoms with E-state index >= 15 is 0 Å². The molecule has 0 saturated heterocycles. The number of aromatic amines is 1. The first-order chi connectivity index (χ1) is 15.8. The van der Waals surface area contributed by atoms with E-state index in [2.05, 4.69) is 16.0 Å². The maximum absolute atomic E-state index is 12.9. The third-order valence-electron chi connectivity index (χ3n) is 6.18.